The molecule has 0 radical (unpaired) electrons. The molecule has 10 nitrogen and oxygen atoms in total. The number of fused-ring (bicyclic) bond motifs is 1. The number of piperidine rings is 1. The summed E-state index contributed by atoms with van der Waals surface area (Å²) in [7, 11) is -2.43. The number of carbonyl (C=O) groups is 3. The SMILES string of the molecule is COC(=O)C1CCN(S(=O)(=O)c2ccc(C(=O)Nc3sc4c(c3C(=O)N3CCCC3)CCN(C(C)C)C4)cc2)CC1. The second-order valence-corrected chi connectivity index (χ2v) is 14.2. The third-order valence-corrected chi connectivity index (χ3v) is 11.4. The van der Waals surface area contributed by atoms with Crippen molar-refractivity contribution in [2.75, 3.05) is 45.2 Å². The van der Waals surface area contributed by atoms with Crippen molar-refractivity contribution in [2.24, 2.45) is 5.92 Å². The van der Waals surface area contributed by atoms with E-state index in [2.05, 4.69) is 24.1 Å². The van der Waals surface area contributed by atoms with E-state index >= 15 is 0 Å². The van der Waals surface area contributed by atoms with Gasteiger partial charge in [0.25, 0.3) is 11.8 Å². The fraction of sp³-hybridized carbons (Fsp3) is 0.552. The zero-order chi connectivity index (χ0) is 29.3. The Labute approximate surface area is 245 Å². The normalized spacial score (nSPS) is 18.9. The maximum Gasteiger partial charge on any atom is 0.308 e. The van der Waals surface area contributed by atoms with Crippen molar-refractivity contribution in [3.05, 3.63) is 45.8 Å². The molecule has 0 saturated carbocycles. The number of hydrogen-bond donors (Lipinski definition) is 1. The second kappa shape index (κ2) is 12.2. The van der Waals surface area contributed by atoms with Crippen LogP contribution < -0.4 is 5.32 Å². The summed E-state index contributed by atoms with van der Waals surface area (Å²) in [6, 6.07) is 6.26. The fourth-order valence-corrected chi connectivity index (χ4v) is 8.59. The van der Waals surface area contributed by atoms with Gasteiger partial charge in [0.15, 0.2) is 0 Å². The monoisotopic (exact) mass is 602 g/mol. The zero-order valence-corrected chi connectivity index (χ0v) is 25.5. The lowest BCUT2D eigenvalue weighted by atomic mass is 9.99. The number of ether oxygens (including phenoxy) is 1. The van der Waals surface area contributed by atoms with Crippen LogP contribution in [0, 0.1) is 5.92 Å². The lowest BCUT2D eigenvalue weighted by molar-refractivity contribution is -0.146. The summed E-state index contributed by atoms with van der Waals surface area (Å²) < 4.78 is 32.6. The molecular formula is C29H38N4O6S2. The van der Waals surface area contributed by atoms with Gasteiger partial charge in [-0.15, -0.1) is 11.3 Å². The quantitative estimate of drug-likeness (QED) is 0.482. The molecule has 0 spiro atoms. The minimum absolute atomic E-state index is 0.0225. The summed E-state index contributed by atoms with van der Waals surface area (Å²) in [5, 5.41) is 3.55. The predicted molar refractivity (Wildman–Crippen MR) is 157 cm³/mol. The van der Waals surface area contributed by atoms with Crippen LogP contribution in [-0.2, 0) is 32.5 Å². The molecule has 4 heterocycles. The maximum atomic E-state index is 13.6. The van der Waals surface area contributed by atoms with Crippen LogP contribution in [-0.4, -0.2) is 86.2 Å². The summed E-state index contributed by atoms with van der Waals surface area (Å²) in [4.78, 5) is 44.2. The number of nitrogens with one attached hydrogen (secondary N) is 1. The molecule has 0 bridgehead atoms. The third-order valence-electron chi connectivity index (χ3n) is 8.39. The molecular weight excluding hydrogens is 564 g/mol. The highest BCUT2D eigenvalue weighted by molar-refractivity contribution is 7.89. The summed E-state index contributed by atoms with van der Waals surface area (Å²) in [6.45, 7) is 7.85. The van der Waals surface area contributed by atoms with Crippen molar-refractivity contribution in [3.63, 3.8) is 0 Å². The first-order valence-electron chi connectivity index (χ1n) is 14.3. The van der Waals surface area contributed by atoms with E-state index in [-0.39, 0.29) is 41.7 Å². The van der Waals surface area contributed by atoms with Gasteiger partial charge in [-0.1, -0.05) is 0 Å². The first kappa shape index (κ1) is 29.7. The van der Waals surface area contributed by atoms with Gasteiger partial charge in [0.1, 0.15) is 5.00 Å². The van der Waals surface area contributed by atoms with Crippen molar-refractivity contribution in [1.29, 1.82) is 0 Å². The molecule has 222 valence electrons. The maximum absolute atomic E-state index is 13.6. The van der Waals surface area contributed by atoms with Crippen molar-refractivity contribution < 1.29 is 27.5 Å². The lowest BCUT2D eigenvalue weighted by Gasteiger charge is -2.30. The molecule has 0 unspecified atom stereocenters. The highest BCUT2D eigenvalue weighted by atomic mass is 32.2. The zero-order valence-electron chi connectivity index (χ0n) is 23.8. The summed E-state index contributed by atoms with van der Waals surface area (Å²) >= 11 is 1.47. The van der Waals surface area contributed by atoms with Gasteiger partial charge >= 0.3 is 5.97 Å². The van der Waals surface area contributed by atoms with E-state index in [1.807, 2.05) is 4.90 Å². The largest absolute Gasteiger partial charge is 0.469 e. The molecule has 2 saturated heterocycles. The number of hydrogen-bond acceptors (Lipinski definition) is 8. The van der Waals surface area contributed by atoms with Gasteiger partial charge < -0.3 is 15.0 Å². The third kappa shape index (κ3) is 6.06. The number of likely N-dealkylation sites (tertiary alicyclic amines) is 1. The number of anilines is 1. The predicted octanol–water partition coefficient (Wildman–Crippen LogP) is 3.58. The van der Waals surface area contributed by atoms with Crippen molar-refractivity contribution >= 4 is 44.1 Å². The smallest absolute Gasteiger partial charge is 0.308 e. The molecule has 2 fully saturated rings. The second-order valence-electron chi connectivity index (χ2n) is 11.2. The number of nitrogens with zero attached hydrogens (tertiary/aromatic N) is 3. The van der Waals surface area contributed by atoms with Crippen LogP contribution in [0.3, 0.4) is 0 Å². The molecule has 41 heavy (non-hydrogen) atoms. The number of carbonyl (C=O) groups excluding carboxylic acids is 3. The topological polar surface area (TPSA) is 116 Å². The number of methoxy groups -OCH3 is 1. The van der Waals surface area contributed by atoms with E-state index in [1.165, 1.54) is 47.0 Å². The van der Waals surface area contributed by atoms with Crippen LogP contribution in [0.5, 0.6) is 0 Å². The van der Waals surface area contributed by atoms with Gasteiger partial charge in [0, 0.05) is 55.8 Å². The number of thiophene rings is 1. The van der Waals surface area contributed by atoms with Crippen LogP contribution in [0.15, 0.2) is 29.2 Å². The number of rotatable bonds is 7. The highest BCUT2D eigenvalue weighted by Gasteiger charge is 2.34. The Balaban J connectivity index is 1.33. The highest BCUT2D eigenvalue weighted by Crippen LogP contribution is 2.39. The van der Waals surface area contributed by atoms with Gasteiger partial charge in [-0.3, -0.25) is 19.3 Å². The first-order chi connectivity index (χ1) is 19.6. The van der Waals surface area contributed by atoms with Crippen molar-refractivity contribution in [3.8, 4) is 0 Å². The van der Waals surface area contributed by atoms with E-state index in [9.17, 15) is 22.8 Å². The molecule has 2 aromatic rings. The molecule has 2 amide bonds. The van der Waals surface area contributed by atoms with Gasteiger partial charge in [-0.05, 0) is 75.8 Å². The Morgan fingerprint density at radius 2 is 1.66 bits per heavy atom. The Morgan fingerprint density at radius 3 is 2.27 bits per heavy atom. The molecule has 3 aliphatic rings. The molecule has 12 heteroatoms. The van der Waals surface area contributed by atoms with Crippen LogP contribution >= 0.6 is 11.3 Å². The summed E-state index contributed by atoms with van der Waals surface area (Å²) in [5.41, 5.74) is 1.96. The van der Waals surface area contributed by atoms with E-state index in [4.69, 9.17) is 4.74 Å². The molecule has 0 aliphatic carbocycles. The number of esters is 1. The Bertz CT molecular complexity index is 1410. The number of benzene rings is 1. The molecule has 0 atom stereocenters. The fourth-order valence-electron chi connectivity index (χ4n) is 5.86. The summed E-state index contributed by atoms with van der Waals surface area (Å²) in [6.07, 6.45) is 3.55. The Morgan fingerprint density at radius 1 is 1.00 bits per heavy atom. The Kier molecular flexibility index (Phi) is 8.84. The van der Waals surface area contributed by atoms with Gasteiger partial charge in [0.05, 0.1) is 23.5 Å². The van der Waals surface area contributed by atoms with E-state index in [1.54, 1.807) is 0 Å². The molecule has 3 aliphatic heterocycles. The first-order valence-corrected chi connectivity index (χ1v) is 16.5. The Hall–Kier alpha value is -2.80. The molecule has 1 aromatic heterocycles. The standard InChI is InChI=1S/C29H38N4O6S2/c1-19(2)32-15-12-23-24(18-32)40-27(25(23)28(35)31-13-4-5-14-31)30-26(34)20-6-8-22(9-7-20)41(37,38)33-16-10-21(11-17-33)29(36)39-3/h6-9,19,21H,4-5,10-18H2,1-3H3,(H,30,34). The van der Waals surface area contributed by atoms with Crippen molar-refractivity contribution in [1.82, 2.24) is 14.1 Å². The van der Waals surface area contributed by atoms with Crippen LogP contribution in [0.4, 0.5) is 5.00 Å². The minimum Gasteiger partial charge on any atom is -0.469 e. The minimum atomic E-state index is -3.76. The van der Waals surface area contributed by atoms with Crippen LogP contribution in [0.25, 0.3) is 0 Å². The van der Waals surface area contributed by atoms with Gasteiger partial charge in [0.2, 0.25) is 10.0 Å². The number of sulfonamides is 1. The van der Waals surface area contributed by atoms with Gasteiger partial charge in [-0.2, -0.15) is 4.31 Å². The van der Waals surface area contributed by atoms with E-state index in [0.717, 1.165) is 55.9 Å². The summed E-state index contributed by atoms with van der Waals surface area (Å²) in [5.74, 6) is -1.02. The molecule has 1 N–H and O–H groups in total. The average Bonchev–Trinajstić information content (AvgIpc) is 3.64. The van der Waals surface area contributed by atoms with Crippen LogP contribution in [0.2, 0.25) is 0 Å². The van der Waals surface area contributed by atoms with E-state index < -0.39 is 10.0 Å². The van der Waals surface area contributed by atoms with Crippen LogP contribution in [0.1, 0.15) is 70.7 Å². The van der Waals surface area contributed by atoms with Gasteiger partial charge in [-0.25, -0.2) is 8.42 Å². The van der Waals surface area contributed by atoms with Crippen molar-refractivity contribution in [2.45, 2.75) is 63.4 Å². The average molecular weight is 603 g/mol. The molecule has 1 aromatic carbocycles. The lowest BCUT2D eigenvalue weighted by Crippen LogP contribution is -2.40. The van der Waals surface area contributed by atoms with E-state index in [0.29, 0.717) is 35.0 Å². The number of amides is 2. The molecule has 5 rings (SSSR count).